The number of amides is 1. The molecule has 0 spiro atoms. The third-order valence-corrected chi connectivity index (χ3v) is 1.86. The minimum Gasteiger partial charge on any atom is -0.369 e. The predicted octanol–water partition coefficient (Wildman–Crippen LogP) is 0.691. The van der Waals surface area contributed by atoms with Crippen LogP contribution in [0.15, 0.2) is 12.2 Å². The highest BCUT2D eigenvalue weighted by molar-refractivity contribution is 8.00. The van der Waals surface area contributed by atoms with Gasteiger partial charge in [-0.1, -0.05) is 12.2 Å². The molecule has 0 aromatic carbocycles. The number of hydrogen-bond acceptors (Lipinski definition) is 3. The average Bonchev–Trinajstić information content (AvgIpc) is 1.87. The fraction of sp³-hybridized carbons (Fsp3) is 0.500. The fourth-order valence-electron chi connectivity index (χ4n) is 0.370. The Morgan fingerprint density at radius 2 is 2.30 bits per heavy atom. The Morgan fingerprint density at radius 3 is 2.80 bits per heavy atom. The molecule has 0 aliphatic rings. The van der Waals surface area contributed by atoms with Crippen LogP contribution in [0.2, 0.25) is 0 Å². The second-order valence-electron chi connectivity index (χ2n) is 1.64. The SMILES string of the molecule is NC(=O)CSC/C=C/CS. The van der Waals surface area contributed by atoms with E-state index in [-0.39, 0.29) is 5.91 Å². The van der Waals surface area contributed by atoms with Gasteiger partial charge in [-0.3, -0.25) is 4.79 Å². The van der Waals surface area contributed by atoms with Crippen molar-refractivity contribution < 1.29 is 4.79 Å². The molecular formula is C6H11NOS2. The van der Waals surface area contributed by atoms with Crippen LogP contribution < -0.4 is 5.73 Å². The van der Waals surface area contributed by atoms with E-state index in [1.54, 1.807) is 0 Å². The number of carbonyl (C=O) groups is 1. The summed E-state index contributed by atoms with van der Waals surface area (Å²) in [7, 11) is 0. The van der Waals surface area contributed by atoms with E-state index in [1.165, 1.54) is 11.8 Å². The lowest BCUT2D eigenvalue weighted by atomic mass is 10.6. The van der Waals surface area contributed by atoms with Crippen LogP contribution in [0.4, 0.5) is 0 Å². The summed E-state index contributed by atoms with van der Waals surface area (Å²) in [5, 5.41) is 0. The molecule has 2 nitrogen and oxygen atoms in total. The van der Waals surface area contributed by atoms with Gasteiger partial charge in [0.25, 0.3) is 0 Å². The molecule has 0 saturated carbocycles. The molecule has 0 saturated heterocycles. The van der Waals surface area contributed by atoms with Crippen LogP contribution in [0.5, 0.6) is 0 Å². The molecule has 0 aliphatic carbocycles. The summed E-state index contributed by atoms with van der Waals surface area (Å²) in [6, 6.07) is 0. The van der Waals surface area contributed by atoms with Gasteiger partial charge in [-0.05, 0) is 0 Å². The van der Waals surface area contributed by atoms with Crippen molar-refractivity contribution in [1.82, 2.24) is 0 Å². The maximum atomic E-state index is 10.2. The van der Waals surface area contributed by atoms with Crippen LogP contribution in [-0.4, -0.2) is 23.2 Å². The minimum atomic E-state index is -0.260. The summed E-state index contributed by atoms with van der Waals surface area (Å²) in [5.41, 5.74) is 4.91. The zero-order valence-corrected chi connectivity index (χ0v) is 7.33. The highest BCUT2D eigenvalue weighted by atomic mass is 32.2. The fourth-order valence-corrected chi connectivity index (χ4v) is 1.11. The van der Waals surface area contributed by atoms with Gasteiger partial charge in [0.2, 0.25) is 5.91 Å². The lowest BCUT2D eigenvalue weighted by Crippen LogP contribution is -2.13. The number of thiol groups is 1. The smallest absolute Gasteiger partial charge is 0.227 e. The number of thioether (sulfide) groups is 1. The van der Waals surface area contributed by atoms with Crippen LogP contribution in [0.1, 0.15) is 0 Å². The standard InChI is InChI=1S/C6H11NOS2/c7-6(8)5-10-4-2-1-3-9/h1-2,9H,3-5H2,(H2,7,8)/b2-1+. The molecule has 0 heterocycles. The zero-order valence-electron chi connectivity index (χ0n) is 5.62. The third-order valence-electron chi connectivity index (χ3n) is 0.730. The van der Waals surface area contributed by atoms with E-state index in [4.69, 9.17) is 5.73 Å². The number of carbonyl (C=O) groups excluding carboxylic acids is 1. The zero-order chi connectivity index (χ0) is 7.82. The van der Waals surface area contributed by atoms with Crippen molar-refractivity contribution in [2.24, 2.45) is 5.73 Å². The molecular weight excluding hydrogens is 166 g/mol. The van der Waals surface area contributed by atoms with E-state index < -0.39 is 0 Å². The first kappa shape index (κ1) is 9.91. The Morgan fingerprint density at radius 1 is 1.60 bits per heavy atom. The van der Waals surface area contributed by atoms with Crippen LogP contribution in [0.25, 0.3) is 0 Å². The van der Waals surface area contributed by atoms with Crippen molar-refractivity contribution in [2.75, 3.05) is 17.3 Å². The lowest BCUT2D eigenvalue weighted by molar-refractivity contribution is -0.115. The van der Waals surface area contributed by atoms with Gasteiger partial charge in [-0.25, -0.2) is 0 Å². The van der Waals surface area contributed by atoms with Gasteiger partial charge in [0.1, 0.15) is 0 Å². The molecule has 58 valence electrons. The van der Waals surface area contributed by atoms with Crippen molar-refractivity contribution in [3.8, 4) is 0 Å². The molecule has 1 amide bonds. The molecule has 0 atom stereocenters. The van der Waals surface area contributed by atoms with Crippen molar-refractivity contribution in [2.45, 2.75) is 0 Å². The summed E-state index contributed by atoms with van der Waals surface area (Å²) < 4.78 is 0. The summed E-state index contributed by atoms with van der Waals surface area (Å²) in [6.45, 7) is 0. The van der Waals surface area contributed by atoms with E-state index in [0.717, 1.165) is 11.5 Å². The van der Waals surface area contributed by atoms with Crippen molar-refractivity contribution in [3.63, 3.8) is 0 Å². The normalized spacial score (nSPS) is 10.5. The van der Waals surface area contributed by atoms with Crippen LogP contribution in [-0.2, 0) is 4.79 Å². The Balaban J connectivity index is 3.05. The Labute approximate surface area is 70.7 Å². The van der Waals surface area contributed by atoms with Crippen molar-refractivity contribution in [3.05, 3.63) is 12.2 Å². The molecule has 0 aromatic rings. The highest BCUT2D eigenvalue weighted by Crippen LogP contribution is 1.98. The lowest BCUT2D eigenvalue weighted by Gasteiger charge is -1.90. The van der Waals surface area contributed by atoms with Gasteiger partial charge < -0.3 is 5.73 Å². The molecule has 0 bridgehead atoms. The van der Waals surface area contributed by atoms with Crippen molar-refractivity contribution in [1.29, 1.82) is 0 Å². The topological polar surface area (TPSA) is 43.1 Å². The van der Waals surface area contributed by atoms with Crippen molar-refractivity contribution >= 4 is 30.3 Å². The Bertz CT molecular complexity index is 125. The number of hydrogen-bond donors (Lipinski definition) is 2. The summed E-state index contributed by atoms with van der Waals surface area (Å²) in [4.78, 5) is 10.2. The third kappa shape index (κ3) is 7.91. The van der Waals surface area contributed by atoms with Gasteiger partial charge in [0.15, 0.2) is 0 Å². The van der Waals surface area contributed by atoms with Gasteiger partial charge in [-0.15, -0.1) is 11.8 Å². The average molecular weight is 177 g/mol. The Kier molecular flexibility index (Phi) is 6.96. The van der Waals surface area contributed by atoms with E-state index in [9.17, 15) is 4.79 Å². The molecule has 10 heavy (non-hydrogen) atoms. The Hall–Kier alpha value is -0.0900. The summed E-state index contributed by atoms with van der Waals surface area (Å²) in [6.07, 6.45) is 3.91. The maximum absolute atomic E-state index is 10.2. The second-order valence-corrected chi connectivity index (χ2v) is 3.03. The second kappa shape index (κ2) is 7.02. The number of primary amides is 1. The van der Waals surface area contributed by atoms with E-state index in [0.29, 0.717) is 5.75 Å². The van der Waals surface area contributed by atoms with Gasteiger partial charge in [0.05, 0.1) is 5.75 Å². The van der Waals surface area contributed by atoms with Gasteiger partial charge >= 0.3 is 0 Å². The molecule has 4 heteroatoms. The molecule has 0 aromatic heterocycles. The molecule has 2 N–H and O–H groups in total. The number of rotatable bonds is 5. The maximum Gasteiger partial charge on any atom is 0.227 e. The molecule has 0 radical (unpaired) electrons. The van der Waals surface area contributed by atoms with Gasteiger partial charge in [-0.2, -0.15) is 12.6 Å². The number of nitrogens with two attached hydrogens (primary N) is 1. The first-order valence-electron chi connectivity index (χ1n) is 2.89. The molecule has 0 aliphatic heterocycles. The van der Waals surface area contributed by atoms with E-state index in [1.807, 2.05) is 12.2 Å². The van der Waals surface area contributed by atoms with Crippen LogP contribution in [0.3, 0.4) is 0 Å². The first-order valence-corrected chi connectivity index (χ1v) is 4.68. The highest BCUT2D eigenvalue weighted by Gasteiger charge is 1.90. The van der Waals surface area contributed by atoms with E-state index >= 15 is 0 Å². The summed E-state index contributed by atoms with van der Waals surface area (Å²) >= 11 is 5.48. The minimum absolute atomic E-state index is 0.260. The monoisotopic (exact) mass is 177 g/mol. The van der Waals surface area contributed by atoms with Crippen LogP contribution in [0, 0.1) is 0 Å². The molecule has 0 unspecified atom stereocenters. The van der Waals surface area contributed by atoms with Crippen LogP contribution >= 0.6 is 24.4 Å². The molecule has 0 rings (SSSR count). The first-order chi connectivity index (χ1) is 4.77. The quantitative estimate of drug-likeness (QED) is 0.369. The van der Waals surface area contributed by atoms with E-state index in [2.05, 4.69) is 12.6 Å². The summed E-state index contributed by atoms with van der Waals surface area (Å²) in [5.74, 6) is 1.72. The largest absolute Gasteiger partial charge is 0.369 e. The predicted molar refractivity (Wildman–Crippen MR) is 49.5 cm³/mol. The van der Waals surface area contributed by atoms with Gasteiger partial charge in [0, 0.05) is 11.5 Å². The molecule has 0 fully saturated rings.